The second-order valence-corrected chi connectivity index (χ2v) is 5.32. The molecule has 0 saturated carbocycles. The molecule has 0 nitrogen and oxygen atoms in total. The Hall–Kier alpha value is -1.79. The first-order valence-corrected chi connectivity index (χ1v) is 6.80. The van der Waals surface area contributed by atoms with Crippen molar-refractivity contribution in [1.29, 1.82) is 0 Å². The molecule has 19 heavy (non-hydrogen) atoms. The van der Waals surface area contributed by atoms with Crippen LogP contribution in [-0.4, -0.2) is 0 Å². The van der Waals surface area contributed by atoms with Crippen molar-refractivity contribution in [3.05, 3.63) is 70.7 Å². The lowest BCUT2D eigenvalue weighted by Gasteiger charge is -2.14. The van der Waals surface area contributed by atoms with E-state index >= 15 is 0 Å². The van der Waals surface area contributed by atoms with Crippen LogP contribution in [0.15, 0.2) is 54.6 Å². The highest BCUT2D eigenvalue weighted by Crippen LogP contribution is 2.37. The van der Waals surface area contributed by atoms with Gasteiger partial charge in [0.2, 0.25) is 0 Å². The molecular formula is C18H15Cl. The summed E-state index contributed by atoms with van der Waals surface area (Å²) in [6.07, 6.45) is 0. The zero-order chi connectivity index (χ0) is 13.4. The summed E-state index contributed by atoms with van der Waals surface area (Å²) in [4.78, 5) is 0. The zero-order valence-corrected chi connectivity index (χ0v) is 11.8. The second-order valence-electron chi connectivity index (χ2n) is 4.91. The van der Waals surface area contributed by atoms with E-state index < -0.39 is 0 Å². The third-order valence-electron chi connectivity index (χ3n) is 3.61. The van der Waals surface area contributed by atoms with Crippen molar-refractivity contribution in [2.75, 3.05) is 0 Å². The number of benzene rings is 3. The summed E-state index contributed by atoms with van der Waals surface area (Å²) in [6.45, 7) is 4.28. The van der Waals surface area contributed by atoms with Crippen molar-refractivity contribution >= 4 is 22.4 Å². The summed E-state index contributed by atoms with van der Waals surface area (Å²) in [6, 6.07) is 18.9. The van der Waals surface area contributed by atoms with Crippen LogP contribution in [0.4, 0.5) is 0 Å². The minimum Gasteiger partial charge on any atom is -0.0837 e. The van der Waals surface area contributed by atoms with Gasteiger partial charge in [0.1, 0.15) is 0 Å². The SMILES string of the molecule is Cc1ccccc1-c1c(C)cc(Cl)c2ccccc12. The average molecular weight is 267 g/mol. The molecule has 0 bridgehead atoms. The topological polar surface area (TPSA) is 0 Å². The summed E-state index contributed by atoms with van der Waals surface area (Å²) in [5.74, 6) is 0. The fourth-order valence-electron chi connectivity index (χ4n) is 2.67. The predicted octanol–water partition coefficient (Wildman–Crippen LogP) is 5.78. The monoisotopic (exact) mass is 266 g/mol. The van der Waals surface area contributed by atoms with Gasteiger partial charge in [-0.2, -0.15) is 0 Å². The molecule has 0 unspecified atom stereocenters. The van der Waals surface area contributed by atoms with Crippen LogP contribution >= 0.6 is 11.6 Å². The molecule has 0 heterocycles. The fraction of sp³-hybridized carbons (Fsp3) is 0.111. The number of fused-ring (bicyclic) bond motifs is 1. The van der Waals surface area contributed by atoms with E-state index in [0.29, 0.717) is 0 Å². The molecule has 0 aliphatic heterocycles. The Morgan fingerprint density at radius 2 is 1.37 bits per heavy atom. The summed E-state index contributed by atoms with van der Waals surface area (Å²) in [7, 11) is 0. The summed E-state index contributed by atoms with van der Waals surface area (Å²) >= 11 is 6.36. The molecule has 0 spiro atoms. The van der Waals surface area contributed by atoms with Gasteiger partial charge in [0.15, 0.2) is 0 Å². The number of aryl methyl sites for hydroxylation is 2. The molecule has 0 aliphatic carbocycles. The molecule has 0 N–H and O–H groups in total. The molecule has 1 heteroatoms. The Kier molecular flexibility index (Phi) is 3.04. The maximum absolute atomic E-state index is 6.36. The van der Waals surface area contributed by atoms with Crippen LogP contribution in [0, 0.1) is 13.8 Å². The van der Waals surface area contributed by atoms with E-state index in [9.17, 15) is 0 Å². The van der Waals surface area contributed by atoms with E-state index in [1.54, 1.807) is 0 Å². The summed E-state index contributed by atoms with van der Waals surface area (Å²) in [5.41, 5.74) is 5.09. The molecule has 0 amide bonds. The van der Waals surface area contributed by atoms with Gasteiger partial charge in [-0.25, -0.2) is 0 Å². The Morgan fingerprint density at radius 1 is 0.737 bits per heavy atom. The van der Waals surface area contributed by atoms with Crippen LogP contribution in [0.2, 0.25) is 5.02 Å². The van der Waals surface area contributed by atoms with Crippen LogP contribution in [0.5, 0.6) is 0 Å². The minimum absolute atomic E-state index is 0.824. The quantitative estimate of drug-likeness (QED) is 0.524. The van der Waals surface area contributed by atoms with E-state index in [1.807, 2.05) is 6.07 Å². The highest BCUT2D eigenvalue weighted by molar-refractivity contribution is 6.36. The van der Waals surface area contributed by atoms with Gasteiger partial charge in [0.05, 0.1) is 0 Å². The van der Waals surface area contributed by atoms with E-state index in [-0.39, 0.29) is 0 Å². The van der Waals surface area contributed by atoms with Gasteiger partial charge in [-0.05, 0) is 47.6 Å². The third kappa shape index (κ3) is 2.02. The van der Waals surface area contributed by atoms with Crippen molar-refractivity contribution in [3.8, 4) is 11.1 Å². The molecule has 0 saturated heterocycles. The van der Waals surface area contributed by atoms with Crippen molar-refractivity contribution < 1.29 is 0 Å². The van der Waals surface area contributed by atoms with E-state index in [2.05, 4.69) is 62.4 Å². The predicted molar refractivity (Wildman–Crippen MR) is 83.9 cm³/mol. The van der Waals surface area contributed by atoms with Crippen LogP contribution in [0.1, 0.15) is 11.1 Å². The minimum atomic E-state index is 0.824. The van der Waals surface area contributed by atoms with Crippen LogP contribution in [0.3, 0.4) is 0 Å². The lowest BCUT2D eigenvalue weighted by atomic mass is 9.91. The Morgan fingerprint density at radius 3 is 2.11 bits per heavy atom. The highest BCUT2D eigenvalue weighted by atomic mass is 35.5. The van der Waals surface area contributed by atoms with E-state index in [0.717, 1.165) is 10.4 Å². The molecule has 3 rings (SSSR count). The van der Waals surface area contributed by atoms with Crippen LogP contribution < -0.4 is 0 Å². The van der Waals surface area contributed by atoms with Gasteiger partial charge < -0.3 is 0 Å². The summed E-state index contributed by atoms with van der Waals surface area (Å²) in [5, 5.41) is 3.17. The summed E-state index contributed by atoms with van der Waals surface area (Å²) < 4.78 is 0. The Balaban J connectivity index is 2.45. The van der Waals surface area contributed by atoms with Crippen LogP contribution in [0.25, 0.3) is 21.9 Å². The molecular weight excluding hydrogens is 252 g/mol. The van der Waals surface area contributed by atoms with E-state index in [1.165, 1.54) is 27.6 Å². The van der Waals surface area contributed by atoms with Gasteiger partial charge in [-0.1, -0.05) is 60.1 Å². The molecule has 3 aromatic rings. The van der Waals surface area contributed by atoms with Gasteiger partial charge in [0, 0.05) is 10.4 Å². The molecule has 94 valence electrons. The van der Waals surface area contributed by atoms with Gasteiger partial charge >= 0.3 is 0 Å². The van der Waals surface area contributed by atoms with Crippen LogP contribution in [-0.2, 0) is 0 Å². The van der Waals surface area contributed by atoms with Crippen molar-refractivity contribution in [2.24, 2.45) is 0 Å². The Labute approximate surface area is 118 Å². The van der Waals surface area contributed by atoms with Gasteiger partial charge in [-0.3, -0.25) is 0 Å². The van der Waals surface area contributed by atoms with Crippen molar-refractivity contribution in [2.45, 2.75) is 13.8 Å². The largest absolute Gasteiger partial charge is 0.0837 e. The lowest BCUT2D eigenvalue weighted by Crippen LogP contribution is -1.89. The molecule has 0 atom stereocenters. The smallest absolute Gasteiger partial charge is 0.0487 e. The second kappa shape index (κ2) is 4.71. The Bertz CT molecular complexity index is 757. The van der Waals surface area contributed by atoms with E-state index in [4.69, 9.17) is 11.6 Å². The average Bonchev–Trinajstić information content (AvgIpc) is 2.41. The normalized spacial score (nSPS) is 10.9. The van der Waals surface area contributed by atoms with Crippen molar-refractivity contribution in [3.63, 3.8) is 0 Å². The zero-order valence-electron chi connectivity index (χ0n) is 11.1. The molecule has 3 aromatic carbocycles. The first-order valence-electron chi connectivity index (χ1n) is 6.42. The number of hydrogen-bond acceptors (Lipinski definition) is 0. The van der Waals surface area contributed by atoms with Gasteiger partial charge in [0.25, 0.3) is 0 Å². The first kappa shape index (κ1) is 12.3. The number of hydrogen-bond donors (Lipinski definition) is 0. The maximum atomic E-state index is 6.36. The standard InChI is InChI=1S/C18H15Cl/c1-12-7-3-4-8-14(12)18-13(2)11-17(19)15-9-5-6-10-16(15)18/h3-11H,1-2H3. The highest BCUT2D eigenvalue weighted by Gasteiger charge is 2.11. The van der Waals surface area contributed by atoms with Crippen molar-refractivity contribution in [1.82, 2.24) is 0 Å². The number of halogens is 1. The molecule has 0 aliphatic rings. The fourth-order valence-corrected chi connectivity index (χ4v) is 3.00. The number of rotatable bonds is 1. The lowest BCUT2D eigenvalue weighted by molar-refractivity contribution is 1.43. The van der Waals surface area contributed by atoms with Gasteiger partial charge in [-0.15, -0.1) is 0 Å². The third-order valence-corrected chi connectivity index (χ3v) is 3.92. The molecule has 0 radical (unpaired) electrons. The molecule has 0 aromatic heterocycles. The molecule has 0 fully saturated rings. The maximum Gasteiger partial charge on any atom is 0.0487 e. The first-order chi connectivity index (χ1) is 9.18.